The summed E-state index contributed by atoms with van der Waals surface area (Å²) >= 11 is 15.0. The summed E-state index contributed by atoms with van der Waals surface area (Å²) in [4.78, 5) is 31.4. The summed E-state index contributed by atoms with van der Waals surface area (Å²) in [5.74, 6) is -0.902. The summed E-state index contributed by atoms with van der Waals surface area (Å²) < 4.78 is 90.6. The first-order valence-electron chi connectivity index (χ1n) is 11.7. The molecule has 0 bridgehead atoms. The first kappa shape index (κ1) is 42.0. The Morgan fingerprint density at radius 3 is 1.77 bits per heavy atom. The maximum absolute atomic E-state index is 12.7. The molecule has 47 heavy (non-hydrogen) atoms. The molecule has 0 aliphatic heterocycles. The fraction of sp³-hybridized carbons (Fsp3) is 0.364. The molecule has 0 fully saturated rings. The molecule has 1 aromatic carbocycles. The fourth-order valence-electron chi connectivity index (χ4n) is 2.54. The zero-order valence-corrected chi connectivity index (χ0v) is 29.3. The third kappa shape index (κ3) is 12.2. The van der Waals surface area contributed by atoms with E-state index in [9.17, 15) is 40.1 Å². The van der Waals surface area contributed by atoms with Gasteiger partial charge in [-0.15, -0.1) is 23.5 Å². The van der Waals surface area contributed by atoms with Gasteiger partial charge in [0.2, 0.25) is 0 Å². The van der Waals surface area contributed by atoms with E-state index in [0.29, 0.717) is 26.9 Å². The first-order chi connectivity index (χ1) is 21.6. The summed E-state index contributed by atoms with van der Waals surface area (Å²) in [7, 11) is -0.822. The zero-order chi connectivity index (χ0) is 36.4. The zero-order valence-electron chi connectivity index (χ0n) is 24.6. The van der Waals surface area contributed by atoms with Crippen LogP contribution in [0.15, 0.2) is 27.3 Å². The number of alkyl halides is 6. The highest BCUT2D eigenvalue weighted by molar-refractivity contribution is 8.13. The third-order valence-electron chi connectivity index (χ3n) is 4.79. The van der Waals surface area contributed by atoms with E-state index in [2.05, 4.69) is 25.1 Å². The molecular weight excluding hydrogens is 769 g/mol. The van der Waals surface area contributed by atoms with E-state index in [4.69, 9.17) is 34.2 Å². The molecule has 0 spiro atoms. The molecule has 2 aromatic rings. The van der Waals surface area contributed by atoms with E-state index in [0.717, 1.165) is 20.7 Å². The monoisotopic (exact) mass is 790 g/mol. The lowest BCUT2D eigenvalue weighted by Crippen LogP contribution is -2.28. The van der Waals surface area contributed by atoms with Crippen LogP contribution in [0, 0.1) is 11.3 Å². The second-order valence-corrected chi connectivity index (χ2v) is 13.5. The number of nitriles is 1. The molecule has 1 aromatic heterocycles. The Balaban J connectivity index is 0.000000483. The van der Waals surface area contributed by atoms with Crippen LogP contribution in [-0.2, 0) is 26.7 Å². The fourth-order valence-corrected chi connectivity index (χ4v) is 4.75. The number of oxime groups is 2. The largest absolute Gasteiger partial charge is 0.476 e. The van der Waals surface area contributed by atoms with E-state index in [1.807, 2.05) is 12.5 Å². The van der Waals surface area contributed by atoms with Crippen LogP contribution in [0.1, 0.15) is 25.1 Å². The number of nitrogens with zero attached hydrogens (tertiary/aromatic N) is 7. The number of anilines is 1. The Morgan fingerprint density at radius 2 is 1.43 bits per heavy atom. The smallest absolute Gasteiger partial charge is 0.383 e. The van der Waals surface area contributed by atoms with E-state index in [-0.39, 0.29) is 0 Å². The summed E-state index contributed by atoms with van der Waals surface area (Å²) in [6.07, 6.45) is -2.59. The number of carbonyl (C=O) groups is 2. The maximum atomic E-state index is 12.7. The summed E-state index contributed by atoms with van der Waals surface area (Å²) in [6, 6.07) is 2.19. The normalized spacial score (nSPS) is 12.8. The Kier molecular flexibility index (Phi) is 16.0. The lowest BCUT2D eigenvalue weighted by Gasteiger charge is -2.19. The van der Waals surface area contributed by atoms with Crippen LogP contribution in [0.3, 0.4) is 0 Å². The number of nitrogen functional groups attached to an aromatic ring is 1. The minimum Gasteiger partial charge on any atom is -0.383 e. The van der Waals surface area contributed by atoms with Crippen molar-refractivity contribution in [1.82, 2.24) is 18.4 Å². The van der Waals surface area contributed by atoms with Gasteiger partial charge in [0.1, 0.15) is 32.6 Å². The van der Waals surface area contributed by atoms with E-state index >= 15 is 0 Å². The van der Waals surface area contributed by atoms with Crippen LogP contribution in [0.2, 0.25) is 10.0 Å². The van der Waals surface area contributed by atoms with Crippen LogP contribution in [0.4, 0.5) is 41.7 Å². The molecule has 260 valence electrons. The lowest BCUT2D eigenvalue weighted by molar-refractivity contribution is -0.137. The lowest BCUT2D eigenvalue weighted by atomic mass is 10.2. The number of amides is 2. The van der Waals surface area contributed by atoms with Gasteiger partial charge in [0.05, 0.1) is 27.7 Å². The van der Waals surface area contributed by atoms with Gasteiger partial charge in [0, 0.05) is 14.1 Å². The Hall–Kier alpha value is -3.04. The van der Waals surface area contributed by atoms with Crippen molar-refractivity contribution in [2.24, 2.45) is 10.3 Å². The number of thioether (sulfide) groups is 2. The summed E-state index contributed by atoms with van der Waals surface area (Å²) in [5, 5.41) is 19.5. The number of rotatable bonds is 6. The van der Waals surface area contributed by atoms with Crippen molar-refractivity contribution >= 4 is 97.8 Å². The highest BCUT2D eigenvalue weighted by Crippen LogP contribution is 2.40. The maximum Gasteiger partial charge on any atom is 0.476 e. The molecule has 2 rings (SSSR count). The van der Waals surface area contributed by atoms with Crippen LogP contribution in [0.25, 0.3) is 5.69 Å². The molecule has 2 N–H and O–H groups in total. The van der Waals surface area contributed by atoms with Crippen molar-refractivity contribution in [3.8, 4) is 11.8 Å². The SMILES string of the molecule is CS/C(C)=N\OC(=O)N(C)SN(C)C(=O)O/N=C(/C)SC.N#Cc1nn(-c2c(Cl)cc(C(F)(F)F)cc2Cl)c(N)c1S(=O)C(F)(F)F. The molecule has 1 heterocycles. The third-order valence-corrected chi connectivity index (χ3v) is 8.68. The number of nitrogens with two attached hydrogens (primary N) is 1. The molecule has 13 nitrogen and oxygen atoms in total. The number of benzene rings is 1. The van der Waals surface area contributed by atoms with Crippen molar-refractivity contribution in [2.75, 3.05) is 32.3 Å². The molecule has 0 aliphatic carbocycles. The first-order valence-corrected chi connectivity index (χ1v) is 16.8. The second kappa shape index (κ2) is 17.9. The van der Waals surface area contributed by atoms with Gasteiger partial charge in [0.25, 0.3) is 0 Å². The van der Waals surface area contributed by atoms with E-state index in [1.54, 1.807) is 13.8 Å². The molecule has 0 saturated heterocycles. The predicted molar refractivity (Wildman–Crippen MR) is 170 cm³/mol. The van der Waals surface area contributed by atoms with Crippen molar-refractivity contribution in [2.45, 2.75) is 30.4 Å². The predicted octanol–water partition coefficient (Wildman–Crippen LogP) is 7.36. The Bertz CT molecular complexity index is 1540. The Labute approximate surface area is 288 Å². The standard InChI is InChI=1S/C12H4Cl2F6N4OS.C10H18N4O4S3/c13-5-1-4(11(15,16)17)2-6(14)8(5)24-10(22)9(7(3-21)23-24)26(25)12(18,19)20;1-7(19-5)11-17-9(15)13(3)21-14(4)10(16)18-12-8(2)20-6/h1-2H,22H2;1-6H3/b;11-7-,12-8-. The van der Waals surface area contributed by atoms with Crippen molar-refractivity contribution in [3.05, 3.63) is 33.4 Å². The van der Waals surface area contributed by atoms with Crippen LogP contribution in [-0.4, -0.2) is 77.0 Å². The molecule has 2 amide bonds. The molecular formula is C22H22Cl2F6N8O5S4. The van der Waals surface area contributed by atoms with E-state index < -0.39 is 72.4 Å². The topological polar surface area (TPSA) is 168 Å². The average molecular weight is 792 g/mol. The van der Waals surface area contributed by atoms with E-state index in [1.165, 1.54) is 43.7 Å². The van der Waals surface area contributed by atoms with Crippen molar-refractivity contribution < 1.29 is 49.8 Å². The molecule has 25 heteroatoms. The van der Waals surface area contributed by atoms with Gasteiger partial charge in [-0.3, -0.25) is 9.68 Å². The quantitative estimate of drug-likeness (QED) is 0.0775. The number of aromatic nitrogens is 2. The Morgan fingerprint density at radius 1 is 1.00 bits per heavy atom. The van der Waals surface area contributed by atoms with Crippen LogP contribution >= 0.6 is 58.9 Å². The minimum absolute atomic E-state index is 0.433. The van der Waals surface area contributed by atoms with Gasteiger partial charge in [-0.1, -0.05) is 33.5 Å². The van der Waals surface area contributed by atoms with Gasteiger partial charge in [0.15, 0.2) is 16.5 Å². The summed E-state index contributed by atoms with van der Waals surface area (Å²) in [5.41, 5.74) is -2.42. The second-order valence-electron chi connectivity index (χ2n) is 8.01. The van der Waals surface area contributed by atoms with Gasteiger partial charge in [-0.25, -0.2) is 27.1 Å². The van der Waals surface area contributed by atoms with Gasteiger partial charge in [-0.2, -0.15) is 36.7 Å². The summed E-state index contributed by atoms with van der Waals surface area (Å²) in [6.45, 7) is 3.42. The highest BCUT2D eigenvalue weighted by Gasteiger charge is 2.43. The molecule has 0 saturated carbocycles. The van der Waals surface area contributed by atoms with Crippen molar-refractivity contribution in [1.29, 1.82) is 5.26 Å². The highest BCUT2D eigenvalue weighted by atomic mass is 35.5. The minimum atomic E-state index is -5.25. The average Bonchev–Trinajstić information content (AvgIpc) is 3.31. The number of hydrogen-bond acceptors (Lipinski definition) is 13. The number of hydrogen-bond donors (Lipinski definition) is 1. The number of carbonyl (C=O) groups excluding carboxylic acids is 2. The molecule has 0 aliphatic rings. The van der Waals surface area contributed by atoms with Crippen LogP contribution < -0.4 is 5.73 Å². The molecule has 0 radical (unpaired) electrons. The molecule has 1 unspecified atom stereocenters. The number of halogens is 8. The van der Waals surface area contributed by atoms with Crippen LogP contribution in [0.5, 0.6) is 0 Å². The van der Waals surface area contributed by atoms with Gasteiger partial charge < -0.3 is 5.73 Å². The molecule has 1 atom stereocenters. The van der Waals surface area contributed by atoms with Gasteiger partial charge in [-0.05, 0) is 38.5 Å². The van der Waals surface area contributed by atoms with Crippen molar-refractivity contribution in [3.63, 3.8) is 0 Å². The van der Waals surface area contributed by atoms with Gasteiger partial charge >= 0.3 is 23.9 Å².